The highest BCUT2D eigenvalue weighted by atomic mass is 35.5. The molecule has 2 aliphatic heterocycles. The van der Waals surface area contributed by atoms with Crippen molar-refractivity contribution in [1.29, 1.82) is 0 Å². The Morgan fingerprint density at radius 1 is 0.957 bits per heavy atom. The molecule has 0 unspecified atom stereocenters. The fraction of sp³-hybridized carbons (Fsp3) is 0.562. The molecule has 3 amide bonds. The number of halogens is 1. The molecule has 13 nitrogen and oxygen atoms in total. The molecule has 1 aromatic carbocycles. The van der Waals surface area contributed by atoms with Gasteiger partial charge in [0.25, 0.3) is 5.91 Å². The summed E-state index contributed by atoms with van der Waals surface area (Å²) in [6.07, 6.45) is 0.179. The van der Waals surface area contributed by atoms with Crippen LogP contribution in [0.3, 0.4) is 0 Å². The number of aromatic nitrogens is 2. The number of imide groups is 1. The minimum Gasteiger partial charge on any atom is -0.487 e. The minimum absolute atomic E-state index is 0.00141. The van der Waals surface area contributed by atoms with Crippen molar-refractivity contribution in [1.82, 2.24) is 14.9 Å². The molecule has 0 aliphatic carbocycles. The van der Waals surface area contributed by atoms with E-state index in [0.717, 1.165) is 0 Å². The maximum absolute atomic E-state index is 14.8. The SMILES string of the molecule is CC(C)(C)OC(=O)N(C(=O)OC(C)(C)C)C1=N[C@]2(C)c3cc(NC(=O)c4cnc(Cl)cn4)ccc3OC(C)(C)C[C@H]2S(=O)(=O)C1(C)C. The van der Waals surface area contributed by atoms with Gasteiger partial charge in [-0.2, -0.15) is 4.90 Å². The lowest BCUT2D eigenvalue weighted by molar-refractivity contribution is 0.0138. The first kappa shape index (κ1) is 36.1. The molecule has 256 valence electrons. The lowest BCUT2D eigenvalue weighted by Crippen LogP contribution is -2.64. The Morgan fingerprint density at radius 2 is 1.53 bits per heavy atom. The molecule has 0 bridgehead atoms. The van der Waals surface area contributed by atoms with Crippen LogP contribution in [-0.4, -0.2) is 74.0 Å². The first-order valence-corrected chi connectivity index (χ1v) is 16.9. The largest absolute Gasteiger partial charge is 0.487 e. The topological polar surface area (TPSA) is 166 Å². The number of aliphatic imine (C=N–C) groups is 1. The molecule has 2 atom stereocenters. The van der Waals surface area contributed by atoms with E-state index < -0.39 is 60.3 Å². The van der Waals surface area contributed by atoms with E-state index in [4.69, 9.17) is 30.8 Å². The number of nitrogens with one attached hydrogen (secondary N) is 1. The Hall–Kier alpha value is -3.78. The van der Waals surface area contributed by atoms with Crippen molar-refractivity contribution >= 4 is 51.1 Å². The number of carbonyl (C=O) groups excluding carboxylic acids is 3. The number of nitrogens with zero attached hydrogens (tertiary/aromatic N) is 4. The van der Waals surface area contributed by atoms with E-state index in [9.17, 15) is 22.8 Å². The predicted molar refractivity (Wildman–Crippen MR) is 177 cm³/mol. The van der Waals surface area contributed by atoms with Gasteiger partial charge in [0.15, 0.2) is 9.84 Å². The number of hydrogen-bond donors (Lipinski definition) is 1. The predicted octanol–water partition coefficient (Wildman–Crippen LogP) is 6.30. The van der Waals surface area contributed by atoms with Crippen LogP contribution in [0.25, 0.3) is 0 Å². The lowest BCUT2D eigenvalue weighted by atomic mass is 9.84. The van der Waals surface area contributed by atoms with E-state index in [1.807, 2.05) is 0 Å². The number of hydrogen-bond acceptors (Lipinski definition) is 11. The number of ether oxygens (including phenoxy) is 3. The third-order valence-electron chi connectivity index (χ3n) is 7.65. The number of anilines is 1. The van der Waals surface area contributed by atoms with Gasteiger partial charge in [-0.05, 0) is 94.4 Å². The summed E-state index contributed by atoms with van der Waals surface area (Å²) in [6.45, 7) is 17.6. The molecule has 1 N–H and O–H groups in total. The molecule has 0 spiro atoms. The Kier molecular flexibility index (Phi) is 9.00. The summed E-state index contributed by atoms with van der Waals surface area (Å²) in [5, 5.41) is 1.68. The lowest BCUT2D eigenvalue weighted by Gasteiger charge is -2.46. The van der Waals surface area contributed by atoms with Crippen LogP contribution in [0.4, 0.5) is 15.3 Å². The van der Waals surface area contributed by atoms with Crippen LogP contribution in [-0.2, 0) is 24.8 Å². The molecule has 1 aromatic heterocycles. The van der Waals surface area contributed by atoms with E-state index >= 15 is 0 Å². The van der Waals surface area contributed by atoms with Crippen molar-refractivity contribution in [2.24, 2.45) is 4.99 Å². The van der Waals surface area contributed by atoms with E-state index in [-0.39, 0.29) is 28.8 Å². The van der Waals surface area contributed by atoms with Crippen LogP contribution in [0, 0.1) is 0 Å². The minimum atomic E-state index is -4.28. The Morgan fingerprint density at radius 3 is 2.04 bits per heavy atom. The van der Waals surface area contributed by atoms with Crippen molar-refractivity contribution in [3.8, 4) is 5.75 Å². The number of carbonyl (C=O) groups is 3. The fourth-order valence-electron chi connectivity index (χ4n) is 5.44. The van der Waals surface area contributed by atoms with Gasteiger partial charge in [-0.3, -0.25) is 9.79 Å². The Bertz CT molecular complexity index is 1720. The van der Waals surface area contributed by atoms with E-state index in [0.29, 0.717) is 16.2 Å². The van der Waals surface area contributed by atoms with Crippen LogP contribution >= 0.6 is 11.6 Å². The molecule has 3 heterocycles. The van der Waals surface area contributed by atoms with Gasteiger partial charge >= 0.3 is 12.2 Å². The van der Waals surface area contributed by atoms with Gasteiger partial charge in [0.1, 0.15) is 49.5 Å². The van der Waals surface area contributed by atoms with Gasteiger partial charge in [-0.15, -0.1) is 0 Å². The summed E-state index contributed by atoms with van der Waals surface area (Å²) < 4.78 is 45.2. The van der Waals surface area contributed by atoms with Gasteiger partial charge < -0.3 is 19.5 Å². The molecule has 0 saturated carbocycles. The summed E-state index contributed by atoms with van der Waals surface area (Å²) >= 11 is 5.81. The highest BCUT2D eigenvalue weighted by molar-refractivity contribution is 7.94. The van der Waals surface area contributed by atoms with Crippen LogP contribution in [0.2, 0.25) is 5.15 Å². The fourth-order valence-corrected chi connectivity index (χ4v) is 8.04. The number of amides is 3. The molecule has 4 rings (SSSR count). The molecule has 0 radical (unpaired) electrons. The normalized spacial score (nSPS) is 22.6. The summed E-state index contributed by atoms with van der Waals surface area (Å²) in [6, 6.07) is 4.76. The van der Waals surface area contributed by atoms with Crippen LogP contribution in [0.15, 0.2) is 35.6 Å². The number of sulfone groups is 1. The van der Waals surface area contributed by atoms with Crippen molar-refractivity contribution in [3.05, 3.63) is 47.0 Å². The molecular formula is C32H42ClN5O8S. The Balaban J connectivity index is 1.97. The number of rotatable bonds is 2. The smallest absolute Gasteiger partial charge is 0.425 e. The standard InChI is InChI=1S/C32H42ClN5O8S/c1-28(2,3)45-26(40)38(27(41)46-29(4,5)6)25-31(9,10)47(42,43)22-15-30(7,8)44-21-13-12-18(14-19(21)32(22,11)37-25)36-24(39)20-16-35-23(33)17-34-20/h12-14,16-17,22H,15H2,1-11H3,(H,36,39)/t22-,32-/m1/s1. The second kappa shape index (κ2) is 11.7. The molecular weight excluding hydrogens is 650 g/mol. The number of fused-ring (bicyclic) bond motifs is 3. The second-order valence-corrected chi connectivity index (χ2v) is 17.9. The van der Waals surface area contributed by atoms with Crippen molar-refractivity contribution < 1.29 is 37.0 Å². The molecule has 15 heteroatoms. The number of amidine groups is 1. The zero-order chi connectivity index (χ0) is 35.5. The van der Waals surface area contributed by atoms with E-state index in [1.54, 1.807) is 80.5 Å². The average Bonchev–Trinajstić information content (AvgIpc) is 2.98. The molecule has 2 aromatic rings. The van der Waals surface area contributed by atoms with E-state index in [2.05, 4.69) is 15.3 Å². The third-order valence-corrected chi connectivity index (χ3v) is 10.8. The zero-order valence-electron chi connectivity index (χ0n) is 28.5. The van der Waals surface area contributed by atoms with Gasteiger partial charge in [-0.1, -0.05) is 11.6 Å². The quantitative estimate of drug-likeness (QED) is 0.377. The van der Waals surface area contributed by atoms with Crippen molar-refractivity contribution in [2.45, 2.75) is 115 Å². The Labute approximate surface area is 280 Å². The molecule has 2 aliphatic rings. The summed E-state index contributed by atoms with van der Waals surface area (Å²) in [7, 11) is -4.28. The summed E-state index contributed by atoms with van der Waals surface area (Å²) in [5.74, 6) is -0.659. The highest BCUT2D eigenvalue weighted by Crippen LogP contribution is 2.52. The van der Waals surface area contributed by atoms with Crippen molar-refractivity contribution in [3.63, 3.8) is 0 Å². The summed E-state index contributed by atoms with van der Waals surface area (Å²) in [5.41, 5.74) is -4.12. The molecule has 47 heavy (non-hydrogen) atoms. The first-order valence-electron chi connectivity index (χ1n) is 15.0. The van der Waals surface area contributed by atoms with Crippen LogP contribution in [0.1, 0.15) is 98.6 Å². The molecule has 0 saturated heterocycles. The summed E-state index contributed by atoms with van der Waals surface area (Å²) in [4.78, 5) is 53.9. The monoisotopic (exact) mass is 691 g/mol. The van der Waals surface area contributed by atoms with Crippen molar-refractivity contribution in [2.75, 3.05) is 5.32 Å². The van der Waals surface area contributed by atoms with Crippen LogP contribution < -0.4 is 10.1 Å². The van der Waals surface area contributed by atoms with Crippen LogP contribution in [0.5, 0.6) is 5.75 Å². The van der Waals surface area contributed by atoms with Gasteiger partial charge in [-0.25, -0.2) is 28.0 Å². The highest BCUT2D eigenvalue weighted by Gasteiger charge is 2.62. The first-order chi connectivity index (χ1) is 21.3. The van der Waals surface area contributed by atoms with E-state index in [1.165, 1.54) is 26.2 Å². The maximum Gasteiger partial charge on any atom is 0.425 e. The molecule has 0 fully saturated rings. The number of benzene rings is 1. The van der Waals surface area contributed by atoms with Gasteiger partial charge in [0.05, 0.1) is 17.6 Å². The van der Waals surface area contributed by atoms with Gasteiger partial charge in [0, 0.05) is 17.7 Å². The average molecular weight is 692 g/mol. The van der Waals surface area contributed by atoms with Gasteiger partial charge in [0.2, 0.25) is 0 Å². The maximum atomic E-state index is 14.8. The zero-order valence-corrected chi connectivity index (χ0v) is 30.1. The third kappa shape index (κ3) is 7.23. The second-order valence-electron chi connectivity index (χ2n) is 14.9.